The van der Waals surface area contributed by atoms with Gasteiger partial charge in [-0.3, -0.25) is 0 Å². The highest BCUT2D eigenvalue weighted by Crippen LogP contribution is 2.36. The lowest BCUT2D eigenvalue weighted by Crippen LogP contribution is -2.04. The van der Waals surface area contributed by atoms with Crippen molar-refractivity contribution < 1.29 is 13.2 Å². The predicted molar refractivity (Wildman–Crippen MR) is 59.8 cm³/mol. The minimum atomic E-state index is -4.35. The van der Waals surface area contributed by atoms with Crippen molar-refractivity contribution in [3.05, 3.63) is 46.3 Å². The number of hydrogen-bond donors (Lipinski definition) is 0. The molecule has 0 amide bonds. The average Bonchev–Trinajstić information content (AvgIpc) is 2.69. The third-order valence-electron chi connectivity index (χ3n) is 2.08. The Balaban J connectivity index is 2.46. The molecular formula is C11H6ClF3S. The molecule has 16 heavy (non-hydrogen) atoms. The summed E-state index contributed by atoms with van der Waals surface area (Å²) in [5.41, 5.74) is -0.0949. The fourth-order valence-corrected chi connectivity index (χ4v) is 2.43. The van der Waals surface area contributed by atoms with E-state index >= 15 is 0 Å². The van der Waals surface area contributed by atoms with Crippen molar-refractivity contribution in [2.24, 2.45) is 0 Å². The van der Waals surface area contributed by atoms with Crippen LogP contribution in [0.4, 0.5) is 13.2 Å². The number of hydrogen-bond acceptors (Lipinski definition) is 1. The normalized spacial score (nSPS) is 11.8. The van der Waals surface area contributed by atoms with Gasteiger partial charge < -0.3 is 0 Å². The van der Waals surface area contributed by atoms with Crippen molar-refractivity contribution in [3.8, 4) is 10.4 Å². The molecule has 0 bridgehead atoms. The van der Waals surface area contributed by atoms with Gasteiger partial charge >= 0.3 is 6.18 Å². The quantitative estimate of drug-likeness (QED) is 0.672. The second kappa shape index (κ2) is 4.11. The maximum absolute atomic E-state index is 12.4. The molecule has 0 atom stereocenters. The van der Waals surface area contributed by atoms with E-state index < -0.39 is 11.7 Å². The molecule has 0 radical (unpaired) electrons. The summed E-state index contributed by atoms with van der Waals surface area (Å²) < 4.78 is 37.2. The summed E-state index contributed by atoms with van der Waals surface area (Å²) in [6.07, 6.45) is -4.35. The zero-order chi connectivity index (χ0) is 11.8. The van der Waals surface area contributed by atoms with E-state index in [2.05, 4.69) is 0 Å². The van der Waals surface area contributed by atoms with Crippen LogP contribution in [-0.4, -0.2) is 0 Å². The minimum absolute atomic E-state index is 0.122. The topological polar surface area (TPSA) is 0 Å². The largest absolute Gasteiger partial charge is 0.416 e. The molecule has 0 nitrogen and oxygen atoms in total. The first-order chi connectivity index (χ1) is 7.48. The summed E-state index contributed by atoms with van der Waals surface area (Å²) in [6.45, 7) is 0. The van der Waals surface area contributed by atoms with Gasteiger partial charge in [0.05, 0.1) is 5.56 Å². The molecule has 0 N–H and O–H groups in total. The van der Waals surface area contributed by atoms with Gasteiger partial charge in [-0.05, 0) is 23.6 Å². The first-order valence-electron chi connectivity index (χ1n) is 4.39. The monoisotopic (exact) mass is 262 g/mol. The van der Waals surface area contributed by atoms with Crippen molar-refractivity contribution >= 4 is 22.9 Å². The van der Waals surface area contributed by atoms with E-state index in [1.807, 2.05) is 17.5 Å². The number of thiophene rings is 1. The lowest BCUT2D eigenvalue weighted by atomic mass is 10.1. The maximum Gasteiger partial charge on any atom is 0.416 e. The van der Waals surface area contributed by atoms with Crippen LogP contribution in [0.5, 0.6) is 0 Å². The van der Waals surface area contributed by atoms with Crippen molar-refractivity contribution in [1.29, 1.82) is 0 Å². The Morgan fingerprint density at radius 2 is 1.88 bits per heavy atom. The summed E-state index contributed by atoms with van der Waals surface area (Å²) in [6, 6.07) is 7.04. The Labute approximate surface area is 99.3 Å². The number of halogens is 4. The predicted octanol–water partition coefficient (Wildman–Crippen LogP) is 5.09. The van der Waals surface area contributed by atoms with Gasteiger partial charge in [-0.25, -0.2) is 0 Å². The first-order valence-corrected chi connectivity index (χ1v) is 5.65. The van der Waals surface area contributed by atoms with Crippen LogP contribution in [0.1, 0.15) is 5.56 Å². The second-order valence-electron chi connectivity index (χ2n) is 3.17. The van der Waals surface area contributed by atoms with E-state index in [1.165, 1.54) is 17.4 Å². The Kier molecular flexibility index (Phi) is 2.95. The molecule has 2 aromatic rings. The molecule has 1 heterocycles. The fraction of sp³-hybridized carbons (Fsp3) is 0.0909. The number of alkyl halides is 3. The molecule has 2 rings (SSSR count). The van der Waals surface area contributed by atoms with Gasteiger partial charge in [0.1, 0.15) is 0 Å². The van der Waals surface area contributed by atoms with Crippen molar-refractivity contribution in [2.75, 3.05) is 0 Å². The molecule has 5 heteroatoms. The second-order valence-corrected chi connectivity index (χ2v) is 4.52. The van der Waals surface area contributed by atoms with Crippen molar-refractivity contribution in [2.45, 2.75) is 6.18 Å². The van der Waals surface area contributed by atoms with E-state index in [0.29, 0.717) is 5.56 Å². The molecule has 1 aromatic heterocycles. The molecule has 0 aliphatic heterocycles. The molecule has 0 aliphatic carbocycles. The van der Waals surface area contributed by atoms with Crippen molar-refractivity contribution in [3.63, 3.8) is 0 Å². The van der Waals surface area contributed by atoms with E-state index in [4.69, 9.17) is 11.6 Å². The number of rotatable bonds is 1. The molecule has 0 saturated carbocycles. The molecule has 0 aliphatic rings. The smallest absolute Gasteiger partial charge is 0.166 e. The minimum Gasteiger partial charge on any atom is -0.166 e. The Hall–Kier alpha value is -1.00. The van der Waals surface area contributed by atoms with Gasteiger partial charge in [0.25, 0.3) is 0 Å². The summed E-state index contributed by atoms with van der Waals surface area (Å²) >= 11 is 7.27. The lowest BCUT2D eigenvalue weighted by molar-refractivity contribution is -0.137. The van der Waals surface area contributed by atoms with Gasteiger partial charge in [-0.1, -0.05) is 23.7 Å². The van der Waals surface area contributed by atoms with Gasteiger partial charge in [0, 0.05) is 15.5 Å². The highest BCUT2D eigenvalue weighted by molar-refractivity contribution is 7.13. The highest BCUT2D eigenvalue weighted by Gasteiger charge is 2.30. The molecule has 0 saturated heterocycles. The number of benzene rings is 1. The zero-order valence-electron chi connectivity index (χ0n) is 7.88. The molecule has 0 fully saturated rings. The Morgan fingerprint density at radius 1 is 1.12 bits per heavy atom. The standard InChI is InChI=1S/C11H6ClF3S/c12-9-6-7(11(13,14)15)3-4-8(9)10-2-1-5-16-10/h1-6H. The summed E-state index contributed by atoms with van der Waals surface area (Å²) in [4.78, 5) is 0.860. The summed E-state index contributed by atoms with van der Waals surface area (Å²) in [7, 11) is 0. The van der Waals surface area contributed by atoms with Crippen LogP contribution in [0.15, 0.2) is 35.7 Å². The summed E-state index contributed by atoms with van der Waals surface area (Å²) in [5, 5.41) is 1.97. The lowest BCUT2D eigenvalue weighted by Gasteiger charge is -2.08. The van der Waals surface area contributed by atoms with E-state index in [1.54, 1.807) is 0 Å². The van der Waals surface area contributed by atoms with Crippen LogP contribution in [0.3, 0.4) is 0 Å². The summed E-state index contributed by atoms with van der Waals surface area (Å²) in [5.74, 6) is 0. The maximum atomic E-state index is 12.4. The van der Waals surface area contributed by atoms with Gasteiger partial charge in [-0.2, -0.15) is 13.2 Å². The molecular weight excluding hydrogens is 257 g/mol. The van der Waals surface area contributed by atoms with Gasteiger partial charge in [-0.15, -0.1) is 11.3 Å². The van der Waals surface area contributed by atoms with Crippen LogP contribution < -0.4 is 0 Å². The van der Waals surface area contributed by atoms with Crippen LogP contribution in [0, 0.1) is 0 Å². The Morgan fingerprint density at radius 3 is 2.38 bits per heavy atom. The van der Waals surface area contributed by atoms with E-state index in [-0.39, 0.29) is 5.02 Å². The molecule has 1 aromatic carbocycles. The van der Waals surface area contributed by atoms with Crippen LogP contribution in [0.2, 0.25) is 5.02 Å². The van der Waals surface area contributed by atoms with E-state index in [0.717, 1.165) is 17.0 Å². The Bertz CT molecular complexity index is 488. The molecule has 0 unspecified atom stereocenters. The third-order valence-corrected chi connectivity index (χ3v) is 3.30. The SMILES string of the molecule is FC(F)(F)c1ccc(-c2cccs2)c(Cl)c1. The van der Waals surface area contributed by atoms with Gasteiger partial charge in [0.15, 0.2) is 0 Å². The fourth-order valence-electron chi connectivity index (χ4n) is 1.32. The third kappa shape index (κ3) is 2.23. The zero-order valence-corrected chi connectivity index (χ0v) is 9.46. The average molecular weight is 263 g/mol. The van der Waals surface area contributed by atoms with Gasteiger partial charge in [0.2, 0.25) is 0 Å². The molecule has 84 valence electrons. The first kappa shape index (κ1) is 11.5. The van der Waals surface area contributed by atoms with E-state index in [9.17, 15) is 13.2 Å². The van der Waals surface area contributed by atoms with Crippen LogP contribution in [-0.2, 0) is 6.18 Å². The van der Waals surface area contributed by atoms with Crippen LogP contribution >= 0.6 is 22.9 Å². The molecule has 0 spiro atoms. The van der Waals surface area contributed by atoms with Crippen molar-refractivity contribution in [1.82, 2.24) is 0 Å². The van der Waals surface area contributed by atoms with Crippen LogP contribution in [0.25, 0.3) is 10.4 Å². The highest BCUT2D eigenvalue weighted by atomic mass is 35.5.